The number of nitrogens with one attached hydrogen (secondary N) is 1. The maximum Gasteiger partial charge on any atom is 0.335 e. The zero-order valence-corrected chi connectivity index (χ0v) is 17.5. The van der Waals surface area contributed by atoms with E-state index >= 15 is 0 Å². The zero-order valence-electron chi connectivity index (χ0n) is 16.5. The van der Waals surface area contributed by atoms with E-state index in [0.29, 0.717) is 27.9 Å². The Labute approximate surface area is 157 Å². The molecule has 2 N–H and O–H groups in total. The van der Waals surface area contributed by atoms with Crippen LogP contribution in [0.5, 0.6) is 0 Å². The molecular formula is C21H29NO3Si. The molecule has 0 aliphatic heterocycles. The molecule has 0 aromatic heterocycles. The third-order valence-corrected chi connectivity index (χ3v) is 11.3. The van der Waals surface area contributed by atoms with Gasteiger partial charge in [-0.1, -0.05) is 54.0 Å². The van der Waals surface area contributed by atoms with Crippen molar-refractivity contribution in [2.24, 2.45) is 0 Å². The fourth-order valence-corrected chi connectivity index (χ4v) is 8.90. The van der Waals surface area contributed by atoms with E-state index in [0.717, 1.165) is 0 Å². The topological polar surface area (TPSA) is 66.4 Å². The standard InChI is InChI=1S/C21H29NO3Si/c1-8-20(23)22-19-10-9-18(21(24)25)13-17(19)11-12-26(14(2)3,15(4)5)16(6)7/h8-10,13-16H,1H2,2-7H3,(H,22,23)(H,24,25). The summed E-state index contributed by atoms with van der Waals surface area (Å²) in [7, 11) is -1.97. The van der Waals surface area contributed by atoms with Crippen LogP contribution in [-0.4, -0.2) is 25.1 Å². The van der Waals surface area contributed by atoms with Crippen molar-refractivity contribution >= 4 is 25.6 Å². The maximum atomic E-state index is 11.7. The van der Waals surface area contributed by atoms with Crippen LogP contribution in [0.15, 0.2) is 30.9 Å². The van der Waals surface area contributed by atoms with Gasteiger partial charge in [0.15, 0.2) is 0 Å². The van der Waals surface area contributed by atoms with Gasteiger partial charge in [-0.3, -0.25) is 4.79 Å². The van der Waals surface area contributed by atoms with Crippen LogP contribution in [0.3, 0.4) is 0 Å². The summed E-state index contributed by atoms with van der Waals surface area (Å²) >= 11 is 0. The summed E-state index contributed by atoms with van der Waals surface area (Å²) in [5, 5.41) is 12.0. The number of anilines is 1. The van der Waals surface area contributed by atoms with Gasteiger partial charge >= 0.3 is 5.97 Å². The monoisotopic (exact) mass is 371 g/mol. The van der Waals surface area contributed by atoms with E-state index in [4.69, 9.17) is 0 Å². The van der Waals surface area contributed by atoms with Gasteiger partial charge < -0.3 is 10.4 Å². The molecule has 0 heterocycles. The average Bonchev–Trinajstić information content (AvgIpc) is 2.55. The molecule has 0 saturated heterocycles. The highest BCUT2D eigenvalue weighted by molar-refractivity contribution is 6.90. The van der Waals surface area contributed by atoms with Crippen molar-refractivity contribution in [1.29, 1.82) is 0 Å². The van der Waals surface area contributed by atoms with E-state index in [-0.39, 0.29) is 11.5 Å². The first kappa shape index (κ1) is 21.7. The minimum Gasteiger partial charge on any atom is -0.478 e. The number of amides is 1. The SMILES string of the molecule is C=CC(=O)Nc1ccc(C(=O)O)cc1C#C[Si](C(C)C)(C(C)C)C(C)C. The first-order valence-corrected chi connectivity index (χ1v) is 11.1. The van der Waals surface area contributed by atoms with Gasteiger partial charge in [-0.05, 0) is 40.9 Å². The Kier molecular flexibility index (Phi) is 7.40. The van der Waals surface area contributed by atoms with Gasteiger partial charge in [0.05, 0.1) is 11.3 Å². The van der Waals surface area contributed by atoms with E-state index in [9.17, 15) is 14.7 Å². The van der Waals surface area contributed by atoms with E-state index in [1.807, 2.05) is 0 Å². The number of carboxylic acid groups (broad SMARTS) is 1. The van der Waals surface area contributed by atoms with E-state index in [1.54, 1.807) is 6.07 Å². The quantitative estimate of drug-likeness (QED) is 0.416. The number of hydrogen-bond donors (Lipinski definition) is 2. The number of rotatable bonds is 6. The predicted molar refractivity (Wildman–Crippen MR) is 110 cm³/mol. The molecule has 26 heavy (non-hydrogen) atoms. The Morgan fingerprint density at radius 1 is 1.12 bits per heavy atom. The van der Waals surface area contributed by atoms with Gasteiger partial charge in [0.2, 0.25) is 5.91 Å². The highest BCUT2D eigenvalue weighted by atomic mass is 28.3. The lowest BCUT2D eigenvalue weighted by Crippen LogP contribution is -2.43. The van der Waals surface area contributed by atoms with Crippen LogP contribution in [-0.2, 0) is 4.79 Å². The fourth-order valence-electron chi connectivity index (χ4n) is 3.68. The highest BCUT2D eigenvalue weighted by Crippen LogP contribution is 2.40. The van der Waals surface area contributed by atoms with Gasteiger partial charge in [0.1, 0.15) is 8.07 Å². The molecule has 0 aliphatic carbocycles. The van der Waals surface area contributed by atoms with E-state index in [1.165, 1.54) is 18.2 Å². The summed E-state index contributed by atoms with van der Waals surface area (Å²) < 4.78 is 0. The van der Waals surface area contributed by atoms with Crippen LogP contribution in [0.2, 0.25) is 16.6 Å². The summed E-state index contributed by atoms with van der Waals surface area (Å²) in [5.74, 6) is 1.85. The van der Waals surface area contributed by atoms with Crippen LogP contribution in [0.25, 0.3) is 0 Å². The zero-order chi connectivity index (χ0) is 20.1. The van der Waals surface area contributed by atoms with Gasteiger partial charge in [0, 0.05) is 5.56 Å². The van der Waals surface area contributed by atoms with Crippen LogP contribution >= 0.6 is 0 Å². The second kappa shape index (κ2) is 8.86. The van der Waals surface area contributed by atoms with Crippen LogP contribution < -0.4 is 5.32 Å². The third kappa shape index (κ3) is 4.64. The summed E-state index contributed by atoms with van der Waals surface area (Å²) in [6, 6.07) is 4.57. The van der Waals surface area contributed by atoms with Crippen LogP contribution in [0.1, 0.15) is 57.5 Å². The summed E-state index contributed by atoms with van der Waals surface area (Å²) in [5.41, 5.74) is 6.13. The number of aromatic carboxylic acids is 1. The normalized spacial score (nSPS) is 11.3. The van der Waals surface area contributed by atoms with Crippen molar-refractivity contribution in [3.8, 4) is 11.5 Å². The Morgan fingerprint density at radius 3 is 2.08 bits per heavy atom. The molecule has 140 valence electrons. The minimum atomic E-state index is -1.97. The molecule has 0 radical (unpaired) electrons. The Bertz CT molecular complexity index is 732. The van der Waals surface area contributed by atoms with Gasteiger partial charge in [0.25, 0.3) is 0 Å². The van der Waals surface area contributed by atoms with Crippen molar-refractivity contribution in [3.63, 3.8) is 0 Å². The van der Waals surface area contributed by atoms with Crippen LogP contribution in [0, 0.1) is 11.5 Å². The lowest BCUT2D eigenvalue weighted by molar-refractivity contribution is -0.111. The third-order valence-electron chi connectivity index (χ3n) is 4.99. The molecular weight excluding hydrogens is 342 g/mol. The molecule has 1 aromatic rings. The lowest BCUT2D eigenvalue weighted by Gasteiger charge is -2.38. The van der Waals surface area contributed by atoms with Gasteiger partial charge in [-0.25, -0.2) is 4.79 Å². The fraction of sp³-hybridized carbons (Fsp3) is 0.429. The average molecular weight is 372 g/mol. The number of benzene rings is 1. The lowest BCUT2D eigenvalue weighted by atomic mass is 10.1. The van der Waals surface area contributed by atoms with Gasteiger partial charge in [-0.15, -0.1) is 5.54 Å². The number of carboxylic acids is 1. The summed E-state index contributed by atoms with van der Waals surface area (Å²) in [6.07, 6.45) is 1.18. The van der Waals surface area contributed by atoms with Crippen molar-refractivity contribution in [3.05, 3.63) is 42.0 Å². The molecule has 1 rings (SSSR count). The number of hydrogen-bond acceptors (Lipinski definition) is 2. The van der Waals surface area contributed by atoms with E-state index < -0.39 is 14.0 Å². The first-order chi connectivity index (χ1) is 12.1. The molecule has 0 bridgehead atoms. The molecule has 1 amide bonds. The van der Waals surface area contributed by atoms with Crippen molar-refractivity contribution in [1.82, 2.24) is 0 Å². The van der Waals surface area contributed by atoms with Gasteiger partial charge in [-0.2, -0.15) is 0 Å². The second-order valence-electron chi connectivity index (χ2n) is 7.41. The highest BCUT2D eigenvalue weighted by Gasteiger charge is 2.41. The van der Waals surface area contributed by atoms with Crippen LogP contribution in [0.4, 0.5) is 5.69 Å². The molecule has 0 atom stereocenters. The van der Waals surface area contributed by atoms with Crippen molar-refractivity contribution in [2.45, 2.75) is 58.2 Å². The minimum absolute atomic E-state index is 0.150. The maximum absolute atomic E-state index is 11.7. The molecule has 0 saturated carbocycles. The molecule has 4 nitrogen and oxygen atoms in total. The smallest absolute Gasteiger partial charge is 0.335 e. The summed E-state index contributed by atoms with van der Waals surface area (Å²) in [6.45, 7) is 16.8. The second-order valence-corrected chi connectivity index (χ2v) is 13.0. The predicted octanol–water partition coefficient (Wildman–Crippen LogP) is 5.08. The number of carbonyl (C=O) groups is 2. The molecule has 0 unspecified atom stereocenters. The van der Waals surface area contributed by atoms with Crippen molar-refractivity contribution in [2.75, 3.05) is 5.32 Å². The largest absolute Gasteiger partial charge is 0.478 e. The molecule has 0 aliphatic rings. The van der Waals surface area contributed by atoms with E-state index in [2.05, 4.69) is 64.9 Å². The molecule has 0 fully saturated rings. The molecule has 1 aromatic carbocycles. The Morgan fingerprint density at radius 2 is 1.65 bits per heavy atom. The Balaban J connectivity index is 3.56. The molecule has 5 heteroatoms. The number of carbonyl (C=O) groups excluding carboxylic acids is 1. The van der Waals surface area contributed by atoms with Crippen molar-refractivity contribution < 1.29 is 14.7 Å². The molecule has 0 spiro atoms. The summed E-state index contributed by atoms with van der Waals surface area (Å²) in [4.78, 5) is 23.0. The Hall–Kier alpha value is -2.32. The first-order valence-electron chi connectivity index (χ1n) is 8.90.